The van der Waals surface area contributed by atoms with Crippen LogP contribution in [0.2, 0.25) is 5.02 Å². The maximum Gasteiger partial charge on any atom is 0.251 e. The van der Waals surface area contributed by atoms with Crippen molar-refractivity contribution >= 4 is 29.1 Å². The van der Waals surface area contributed by atoms with Crippen molar-refractivity contribution in [3.05, 3.63) is 107 Å². The summed E-state index contributed by atoms with van der Waals surface area (Å²) >= 11 is 5.91. The first kappa shape index (κ1) is 21.5. The van der Waals surface area contributed by atoms with E-state index in [1.807, 2.05) is 36.4 Å². The minimum absolute atomic E-state index is 0.127. The Balaban J connectivity index is 1.35. The Labute approximate surface area is 192 Å². The van der Waals surface area contributed by atoms with Gasteiger partial charge in [0.15, 0.2) is 0 Å². The number of carbonyl (C=O) groups excluding carboxylic acids is 1. The van der Waals surface area contributed by atoms with Gasteiger partial charge in [-0.2, -0.15) is 0 Å². The highest BCUT2D eigenvalue weighted by Gasteiger charge is 2.07. The van der Waals surface area contributed by atoms with Gasteiger partial charge in [-0.3, -0.25) is 4.79 Å². The zero-order valence-corrected chi connectivity index (χ0v) is 18.4. The van der Waals surface area contributed by atoms with Gasteiger partial charge in [0.05, 0.1) is 0 Å². The summed E-state index contributed by atoms with van der Waals surface area (Å²) in [5, 5.41) is 6.82. The molecule has 0 saturated carbocycles. The minimum atomic E-state index is -0.127. The number of anilines is 2. The predicted molar refractivity (Wildman–Crippen MR) is 129 cm³/mol. The van der Waals surface area contributed by atoms with Gasteiger partial charge in [0, 0.05) is 40.8 Å². The molecule has 32 heavy (non-hydrogen) atoms. The molecule has 6 heteroatoms. The maximum atomic E-state index is 12.5. The molecule has 4 aromatic rings. The molecule has 0 fully saturated rings. The summed E-state index contributed by atoms with van der Waals surface area (Å²) in [7, 11) is 0. The van der Waals surface area contributed by atoms with E-state index in [9.17, 15) is 4.79 Å². The van der Waals surface area contributed by atoms with E-state index in [1.165, 1.54) is 5.56 Å². The lowest BCUT2D eigenvalue weighted by Crippen LogP contribution is -2.25. The zero-order chi connectivity index (χ0) is 22.3. The van der Waals surface area contributed by atoms with Crippen LogP contribution in [0.3, 0.4) is 0 Å². The van der Waals surface area contributed by atoms with Gasteiger partial charge in [0.1, 0.15) is 0 Å². The van der Waals surface area contributed by atoms with Crippen molar-refractivity contribution in [1.82, 2.24) is 15.3 Å². The Morgan fingerprint density at radius 1 is 0.906 bits per heavy atom. The fraction of sp³-hybridized carbons (Fsp3) is 0.115. The molecule has 5 nitrogen and oxygen atoms in total. The van der Waals surface area contributed by atoms with Crippen molar-refractivity contribution in [3.8, 4) is 11.1 Å². The molecule has 0 aliphatic rings. The smallest absolute Gasteiger partial charge is 0.251 e. The lowest BCUT2D eigenvalue weighted by molar-refractivity contribution is 0.0954. The van der Waals surface area contributed by atoms with Gasteiger partial charge in [-0.25, -0.2) is 9.97 Å². The van der Waals surface area contributed by atoms with Crippen molar-refractivity contribution in [1.29, 1.82) is 0 Å². The van der Waals surface area contributed by atoms with Crippen LogP contribution in [0.25, 0.3) is 11.1 Å². The first-order valence-corrected chi connectivity index (χ1v) is 10.7. The Bertz CT molecular complexity index is 1190. The highest BCUT2D eigenvalue weighted by molar-refractivity contribution is 6.30. The first-order chi connectivity index (χ1) is 15.6. The summed E-state index contributed by atoms with van der Waals surface area (Å²) in [4.78, 5) is 21.3. The van der Waals surface area contributed by atoms with Gasteiger partial charge >= 0.3 is 0 Å². The number of rotatable bonds is 7. The number of benzene rings is 3. The molecule has 0 spiro atoms. The van der Waals surface area contributed by atoms with Gasteiger partial charge in [-0.15, -0.1) is 0 Å². The zero-order valence-electron chi connectivity index (χ0n) is 17.7. The second kappa shape index (κ2) is 10.1. The van der Waals surface area contributed by atoms with Gasteiger partial charge in [-0.1, -0.05) is 59.6 Å². The van der Waals surface area contributed by atoms with Crippen molar-refractivity contribution in [3.63, 3.8) is 0 Å². The average Bonchev–Trinajstić information content (AvgIpc) is 2.81. The van der Waals surface area contributed by atoms with Crippen LogP contribution in [-0.4, -0.2) is 22.4 Å². The predicted octanol–water partition coefficient (Wildman–Crippen LogP) is 5.82. The molecule has 0 aliphatic carbocycles. The first-order valence-electron chi connectivity index (χ1n) is 10.4. The van der Waals surface area contributed by atoms with E-state index >= 15 is 0 Å². The average molecular weight is 443 g/mol. The molecule has 1 heterocycles. The number of carbonyl (C=O) groups is 1. The summed E-state index contributed by atoms with van der Waals surface area (Å²) in [6, 6.07) is 23.1. The topological polar surface area (TPSA) is 66.9 Å². The number of hydrogen-bond donors (Lipinski definition) is 2. The third kappa shape index (κ3) is 5.71. The fourth-order valence-corrected chi connectivity index (χ4v) is 3.35. The van der Waals surface area contributed by atoms with Gasteiger partial charge in [-0.05, 0) is 54.8 Å². The molecule has 1 amide bonds. The molecule has 1 aromatic heterocycles. The van der Waals surface area contributed by atoms with Gasteiger partial charge in [0.25, 0.3) is 5.91 Å². The van der Waals surface area contributed by atoms with Crippen LogP contribution in [0.15, 0.2) is 85.2 Å². The molecule has 160 valence electrons. The molecule has 3 aromatic carbocycles. The van der Waals surface area contributed by atoms with E-state index in [0.29, 0.717) is 23.1 Å². The Morgan fingerprint density at radius 3 is 2.34 bits per heavy atom. The Morgan fingerprint density at radius 2 is 1.62 bits per heavy atom. The molecule has 0 saturated heterocycles. The van der Waals surface area contributed by atoms with Crippen LogP contribution >= 0.6 is 11.6 Å². The van der Waals surface area contributed by atoms with Gasteiger partial charge < -0.3 is 10.6 Å². The van der Waals surface area contributed by atoms with Crippen LogP contribution in [0.1, 0.15) is 21.5 Å². The number of amides is 1. The quantitative estimate of drug-likeness (QED) is 0.378. The van der Waals surface area contributed by atoms with Crippen LogP contribution < -0.4 is 10.6 Å². The molecule has 0 radical (unpaired) electrons. The van der Waals surface area contributed by atoms with Crippen LogP contribution in [-0.2, 0) is 6.42 Å². The second-order valence-corrected chi connectivity index (χ2v) is 7.94. The van der Waals surface area contributed by atoms with Crippen molar-refractivity contribution in [2.75, 3.05) is 11.9 Å². The molecule has 0 unspecified atom stereocenters. The fourth-order valence-electron chi connectivity index (χ4n) is 3.23. The molecule has 2 N–H and O–H groups in total. The van der Waals surface area contributed by atoms with E-state index in [1.54, 1.807) is 24.5 Å². The van der Waals surface area contributed by atoms with E-state index in [-0.39, 0.29) is 5.91 Å². The van der Waals surface area contributed by atoms with Crippen molar-refractivity contribution < 1.29 is 4.79 Å². The van der Waals surface area contributed by atoms with Gasteiger partial charge in [0.2, 0.25) is 5.95 Å². The third-order valence-electron chi connectivity index (χ3n) is 5.03. The van der Waals surface area contributed by atoms with Crippen molar-refractivity contribution in [2.45, 2.75) is 13.3 Å². The summed E-state index contributed by atoms with van der Waals surface area (Å²) in [6.45, 7) is 2.60. The summed E-state index contributed by atoms with van der Waals surface area (Å²) in [5.41, 5.74) is 5.67. The standard InChI is InChI=1S/C26H23ClN4O/c1-18-5-9-20(10-6-18)22-16-29-26(30-17-22)31-24-4-2-3-21(15-24)25(32)28-14-13-19-7-11-23(27)12-8-19/h2-12,15-17H,13-14H2,1H3,(H,28,32)(H,29,30,31). The van der Waals surface area contributed by atoms with Crippen LogP contribution in [0.4, 0.5) is 11.6 Å². The van der Waals surface area contributed by atoms with E-state index in [2.05, 4.69) is 51.8 Å². The molecule has 0 aliphatic heterocycles. The highest BCUT2D eigenvalue weighted by atomic mass is 35.5. The summed E-state index contributed by atoms with van der Waals surface area (Å²) in [6.07, 6.45) is 4.31. The summed E-state index contributed by atoms with van der Waals surface area (Å²) < 4.78 is 0. The van der Waals surface area contributed by atoms with E-state index < -0.39 is 0 Å². The third-order valence-corrected chi connectivity index (χ3v) is 5.28. The van der Waals surface area contributed by atoms with Crippen molar-refractivity contribution in [2.24, 2.45) is 0 Å². The minimum Gasteiger partial charge on any atom is -0.352 e. The molecular weight excluding hydrogens is 420 g/mol. The summed E-state index contributed by atoms with van der Waals surface area (Å²) in [5.74, 6) is 0.347. The number of aryl methyl sites for hydroxylation is 1. The lowest BCUT2D eigenvalue weighted by atomic mass is 10.1. The SMILES string of the molecule is Cc1ccc(-c2cnc(Nc3cccc(C(=O)NCCc4ccc(Cl)cc4)c3)nc2)cc1. The number of hydrogen-bond acceptors (Lipinski definition) is 4. The Hall–Kier alpha value is -3.70. The monoisotopic (exact) mass is 442 g/mol. The molecule has 0 atom stereocenters. The maximum absolute atomic E-state index is 12.5. The van der Waals surface area contributed by atoms with Crippen LogP contribution in [0, 0.1) is 6.92 Å². The number of nitrogens with zero attached hydrogens (tertiary/aromatic N) is 2. The normalized spacial score (nSPS) is 10.6. The largest absolute Gasteiger partial charge is 0.352 e. The number of halogens is 1. The number of aromatic nitrogens is 2. The molecular formula is C26H23ClN4O. The van der Waals surface area contributed by atoms with E-state index in [0.717, 1.165) is 28.8 Å². The van der Waals surface area contributed by atoms with E-state index in [4.69, 9.17) is 11.6 Å². The Kier molecular flexibility index (Phi) is 6.78. The lowest BCUT2D eigenvalue weighted by Gasteiger charge is -2.09. The van der Waals surface area contributed by atoms with Crippen LogP contribution in [0.5, 0.6) is 0 Å². The number of nitrogens with one attached hydrogen (secondary N) is 2. The second-order valence-electron chi connectivity index (χ2n) is 7.50. The highest BCUT2D eigenvalue weighted by Crippen LogP contribution is 2.20. The molecule has 4 rings (SSSR count). The molecule has 0 bridgehead atoms.